The molecule has 1 aliphatic heterocycles. The minimum Gasteiger partial charge on any atom is -0.383 e. The average molecular weight is 498 g/mol. The van der Waals surface area contributed by atoms with Crippen molar-refractivity contribution in [3.8, 4) is 22.6 Å². The van der Waals surface area contributed by atoms with Gasteiger partial charge in [-0.25, -0.2) is 14.4 Å². The van der Waals surface area contributed by atoms with E-state index < -0.39 is 0 Å². The van der Waals surface area contributed by atoms with Crippen molar-refractivity contribution in [3.05, 3.63) is 65.4 Å². The number of aromatic nitrogens is 5. The predicted octanol–water partition coefficient (Wildman–Crippen LogP) is 6.22. The number of hydrogen-bond acceptors (Lipinski definition) is 5. The molecule has 0 amide bonds. The smallest absolute Gasteiger partial charge is 0.184 e. The first-order chi connectivity index (χ1) is 18.0. The maximum atomic E-state index is 16.2. The molecule has 190 valence electrons. The zero-order valence-electron chi connectivity index (χ0n) is 21.5. The Morgan fingerprint density at radius 1 is 1.11 bits per heavy atom. The zero-order valence-corrected chi connectivity index (χ0v) is 21.5. The van der Waals surface area contributed by atoms with Gasteiger partial charge < -0.3 is 15.2 Å². The highest BCUT2D eigenvalue weighted by atomic mass is 19.1. The summed E-state index contributed by atoms with van der Waals surface area (Å²) in [4.78, 5) is 15.3. The van der Waals surface area contributed by atoms with Crippen molar-refractivity contribution in [2.45, 2.75) is 52.5 Å². The number of aromatic amines is 2. The number of imidazole rings is 1. The number of halogens is 1. The van der Waals surface area contributed by atoms with E-state index in [2.05, 4.69) is 68.5 Å². The summed E-state index contributed by atoms with van der Waals surface area (Å²) in [5, 5.41) is 11.1. The fourth-order valence-corrected chi connectivity index (χ4v) is 5.38. The van der Waals surface area contributed by atoms with Crippen molar-refractivity contribution in [1.82, 2.24) is 30.0 Å². The van der Waals surface area contributed by atoms with Crippen LogP contribution < -0.4 is 5.32 Å². The Morgan fingerprint density at radius 2 is 1.95 bits per heavy atom. The predicted molar refractivity (Wildman–Crippen MR) is 147 cm³/mol. The summed E-state index contributed by atoms with van der Waals surface area (Å²) < 4.78 is 16.2. The normalized spacial score (nSPS) is 15.7. The number of nitrogens with zero attached hydrogens (tertiary/aromatic N) is 4. The van der Waals surface area contributed by atoms with Crippen LogP contribution in [0.25, 0.3) is 39.4 Å². The molecule has 1 aliphatic carbocycles. The molecule has 3 N–H and O–H groups in total. The molecule has 1 saturated heterocycles. The topological polar surface area (TPSA) is 85.5 Å². The first-order valence-corrected chi connectivity index (χ1v) is 13.1. The molecule has 4 aromatic rings. The van der Waals surface area contributed by atoms with Gasteiger partial charge >= 0.3 is 0 Å². The number of aryl methyl sites for hydroxylation is 1. The highest BCUT2D eigenvalue weighted by Gasteiger charge is 2.25. The molecule has 8 heteroatoms. The van der Waals surface area contributed by atoms with Crippen LogP contribution in [-0.4, -0.2) is 49.2 Å². The number of fused-ring (bicyclic) bond motifs is 2. The summed E-state index contributed by atoms with van der Waals surface area (Å²) in [6.45, 7) is 8.24. The molecular formula is C29H32FN7. The highest BCUT2D eigenvalue weighted by Crippen LogP contribution is 2.35. The zero-order chi connectivity index (χ0) is 25.5. The molecule has 0 spiro atoms. The number of piperidine rings is 1. The molecular weight excluding hydrogens is 465 g/mol. The van der Waals surface area contributed by atoms with Crippen LogP contribution in [0.5, 0.6) is 0 Å². The fraction of sp³-hybridized carbons (Fsp3) is 0.345. The maximum Gasteiger partial charge on any atom is 0.184 e. The van der Waals surface area contributed by atoms with Crippen molar-refractivity contribution in [3.63, 3.8) is 0 Å². The molecule has 1 aromatic carbocycles. The third-order valence-electron chi connectivity index (χ3n) is 7.03. The number of anilines is 1. The first kappa shape index (κ1) is 23.5. The number of H-pyrrole nitrogens is 2. The Balaban J connectivity index is 1.43. The van der Waals surface area contributed by atoms with Crippen LogP contribution in [0.15, 0.2) is 42.6 Å². The summed E-state index contributed by atoms with van der Waals surface area (Å²) in [7, 11) is 0. The van der Waals surface area contributed by atoms with Crippen LogP contribution in [0.4, 0.5) is 10.1 Å². The van der Waals surface area contributed by atoms with E-state index in [1.165, 1.54) is 19.3 Å². The van der Waals surface area contributed by atoms with Gasteiger partial charge in [0.1, 0.15) is 17.2 Å². The van der Waals surface area contributed by atoms with E-state index in [1.54, 1.807) is 6.20 Å². The minimum atomic E-state index is -0.354. The van der Waals surface area contributed by atoms with Gasteiger partial charge in [-0.05, 0) is 69.4 Å². The van der Waals surface area contributed by atoms with Gasteiger partial charge in [-0.15, -0.1) is 0 Å². The van der Waals surface area contributed by atoms with Gasteiger partial charge in [0.15, 0.2) is 11.5 Å². The molecule has 0 unspecified atom stereocenters. The lowest BCUT2D eigenvalue weighted by atomic mass is 10.0. The number of likely N-dealkylation sites (tertiary alicyclic amines) is 1. The molecule has 1 fully saturated rings. The number of rotatable bonds is 5. The van der Waals surface area contributed by atoms with Crippen molar-refractivity contribution >= 4 is 22.4 Å². The number of hydrogen-bond donors (Lipinski definition) is 3. The van der Waals surface area contributed by atoms with E-state index in [9.17, 15) is 0 Å². The quantitative estimate of drug-likeness (QED) is 0.305. The molecule has 0 bridgehead atoms. The third kappa shape index (κ3) is 4.41. The molecule has 3 aromatic heterocycles. The van der Waals surface area contributed by atoms with Gasteiger partial charge in [0, 0.05) is 48.7 Å². The lowest BCUT2D eigenvalue weighted by molar-refractivity contribution is 0.325. The van der Waals surface area contributed by atoms with Gasteiger partial charge in [-0.1, -0.05) is 18.2 Å². The van der Waals surface area contributed by atoms with E-state index in [0.29, 0.717) is 28.1 Å². The van der Waals surface area contributed by atoms with Crippen LogP contribution in [0.2, 0.25) is 0 Å². The monoisotopic (exact) mass is 497 g/mol. The van der Waals surface area contributed by atoms with Crippen LogP contribution >= 0.6 is 0 Å². The van der Waals surface area contributed by atoms with Crippen LogP contribution in [-0.2, 0) is 6.42 Å². The Labute approximate surface area is 215 Å². The summed E-state index contributed by atoms with van der Waals surface area (Å²) in [6.07, 6.45) is 12.3. The van der Waals surface area contributed by atoms with E-state index >= 15 is 4.39 Å². The van der Waals surface area contributed by atoms with Gasteiger partial charge in [-0.2, -0.15) is 5.10 Å². The van der Waals surface area contributed by atoms with E-state index in [4.69, 9.17) is 4.98 Å². The summed E-state index contributed by atoms with van der Waals surface area (Å²) >= 11 is 0. The molecule has 4 heterocycles. The molecule has 6 rings (SSSR count). The second-order valence-electron chi connectivity index (χ2n) is 10.3. The minimum absolute atomic E-state index is 0.272. The van der Waals surface area contributed by atoms with Gasteiger partial charge in [0.25, 0.3) is 0 Å². The lowest BCUT2D eigenvalue weighted by Crippen LogP contribution is -2.28. The van der Waals surface area contributed by atoms with E-state index in [0.717, 1.165) is 53.4 Å². The number of nitrogens with one attached hydrogen (secondary N) is 3. The van der Waals surface area contributed by atoms with E-state index in [-0.39, 0.29) is 11.9 Å². The largest absolute Gasteiger partial charge is 0.383 e. The molecule has 0 atom stereocenters. The van der Waals surface area contributed by atoms with Crippen molar-refractivity contribution < 1.29 is 4.39 Å². The Hall–Kier alpha value is -3.94. The van der Waals surface area contributed by atoms with E-state index in [1.807, 2.05) is 19.1 Å². The van der Waals surface area contributed by atoms with Crippen molar-refractivity contribution in [1.29, 1.82) is 0 Å². The highest BCUT2D eigenvalue weighted by molar-refractivity contribution is 5.93. The SMILES string of the molecule is Cc1cc(NC(C)C)cc(-c2cnc3n[nH]c(-c4nc5c([nH]4)CC=CC=C5N4CCCCC4)c3c2F)c1. The summed E-state index contributed by atoms with van der Waals surface area (Å²) in [6, 6.07) is 6.28. The lowest BCUT2D eigenvalue weighted by Gasteiger charge is -2.30. The molecule has 0 saturated carbocycles. The third-order valence-corrected chi connectivity index (χ3v) is 7.03. The standard InChI is InChI=1S/C29H32FN7/c1-17(2)32-20-14-18(3)13-19(15-20)21-16-31-28-24(25(21)30)27(35-36-28)29-33-22-9-5-6-10-23(26(22)34-29)37-11-7-4-8-12-37/h5-6,10,13-17,32H,4,7-9,11-12H2,1-3H3,(H,33,34)(H,31,35,36). The molecule has 37 heavy (non-hydrogen) atoms. The van der Waals surface area contributed by atoms with Crippen molar-refractivity contribution in [2.24, 2.45) is 0 Å². The second-order valence-corrected chi connectivity index (χ2v) is 10.3. The fourth-order valence-electron chi connectivity index (χ4n) is 5.38. The Bertz CT molecular complexity index is 1520. The van der Waals surface area contributed by atoms with Gasteiger partial charge in [0.2, 0.25) is 0 Å². The summed E-state index contributed by atoms with van der Waals surface area (Å²) in [5.74, 6) is 0.225. The van der Waals surface area contributed by atoms with Crippen LogP contribution in [0, 0.1) is 12.7 Å². The van der Waals surface area contributed by atoms with Crippen LogP contribution in [0.1, 0.15) is 50.1 Å². The Morgan fingerprint density at radius 3 is 2.76 bits per heavy atom. The number of allylic oxidation sites excluding steroid dienone is 3. The molecule has 0 radical (unpaired) electrons. The maximum absolute atomic E-state index is 16.2. The number of benzene rings is 1. The summed E-state index contributed by atoms with van der Waals surface area (Å²) in [5.41, 5.74) is 7.15. The molecule has 7 nitrogen and oxygen atoms in total. The second kappa shape index (κ2) is 9.50. The first-order valence-electron chi connectivity index (χ1n) is 13.1. The molecule has 2 aliphatic rings. The number of pyridine rings is 1. The van der Waals surface area contributed by atoms with Gasteiger partial charge in [0.05, 0.1) is 11.1 Å². The van der Waals surface area contributed by atoms with Crippen molar-refractivity contribution in [2.75, 3.05) is 18.4 Å². The van der Waals surface area contributed by atoms with Gasteiger partial charge in [-0.3, -0.25) is 5.10 Å². The van der Waals surface area contributed by atoms with Crippen LogP contribution in [0.3, 0.4) is 0 Å². The Kier molecular flexibility index (Phi) is 6.02. The average Bonchev–Trinajstić information content (AvgIpc) is 3.44.